The summed E-state index contributed by atoms with van der Waals surface area (Å²) in [7, 11) is 0. The minimum Gasteiger partial charge on any atom is -0.349 e. The van der Waals surface area contributed by atoms with E-state index in [0.717, 1.165) is 19.3 Å². The topological polar surface area (TPSA) is 67.2 Å². The van der Waals surface area contributed by atoms with Gasteiger partial charge >= 0.3 is 0 Å². The van der Waals surface area contributed by atoms with Crippen molar-refractivity contribution in [3.63, 3.8) is 0 Å². The van der Waals surface area contributed by atoms with Gasteiger partial charge in [0, 0.05) is 6.04 Å². The fourth-order valence-electron chi connectivity index (χ4n) is 2.46. The van der Waals surface area contributed by atoms with Gasteiger partial charge in [0.25, 0.3) is 5.91 Å². The normalized spacial score (nSPS) is 22.8. The van der Waals surface area contributed by atoms with Gasteiger partial charge in [-0.2, -0.15) is 0 Å². The molecule has 1 saturated carbocycles. The molecule has 0 heterocycles. The molecular formula is C13H18FN3O. The number of hydrazine groups is 1. The Bertz CT molecular complexity index is 450. The van der Waals surface area contributed by atoms with Gasteiger partial charge in [-0.05, 0) is 37.3 Å². The minimum absolute atomic E-state index is 0.0426. The molecule has 1 aliphatic carbocycles. The summed E-state index contributed by atoms with van der Waals surface area (Å²) in [6.45, 7) is 2.17. The molecule has 18 heavy (non-hydrogen) atoms. The number of carbonyl (C=O) groups is 1. The van der Waals surface area contributed by atoms with Crippen molar-refractivity contribution in [1.29, 1.82) is 0 Å². The summed E-state index contributed by atoms with van der Waals surface area (Å²) >= 11 is 0. The van der Waals surface area contributed by atoms with Crippen molar-refractivity contribution in [2.75, 3.05) is 5.43 Å². The molecule has 1 fully saturated rings. The summed E-state index contributed by atoms with van der Waals surface area (Å²) in [6.07, 6.45) is 3.08. The number of nitrogens with two attached hydrogens (primary N) is 1. The second-order valence-electron chi connectivity index (χ2n) is 4.90. The zero-order valence-electron chi connectivity index (χ0n) is 10.4. The van der Waals surface area contributed by atoms with Crippen LogP contribution in [0.25, 0.3) is 0 Å². The van der Waals surface area contributed by atoms with Crippen molar-refractivity contribution >= 4 is 11.6 Å². The van der Waals surface area contributed by atoms with Crippen LogP contribution in [0.1, 0.15) is 36.5 Å². The summed E-state index contributed by atoms with van der Waals surface area (Å²) in [6, 6.07) is 4.51. The van der Waals surface area contributed by atoms with Crippen LogP contribution < -0.4 is 16.6 Å². The van der Waals surface area contributed by atoms with Gasteiger partial charge in [-0.1, -0.05) is 13.0 Å². The number of hydrogen-bond acceptors (Lipinski definition) is 3. The number of hydrogen-bond donors (Lipinski definition) is 3. The first kappa shape index (κ1) is 12.8. The molecule has 1 amide bonds. The summed E-state index contributed by atoms with van der Waals surface area (Å²) in [4.78, 5) is 12.1. The summed E-state index contributed by atoms with van der Waals surface area (Å²) in [5.74, 6) is 5.08. The predicted molar refractivity (Wildman–Crippen MR) is 68.5 cm³/mol. The van der Waals surface area contributed by atoms with E-state index in [1.165, 1.54) is 12.1 Å². The molecule has 4 N–H and O–H groups in total. The Labute approximate surface area is 106 Å². The Kier molecular flexibility index (Phi) is 3.81. The highest BCUT2D eigenvalue weighted by atomic mass is 19.1. The van der Waals surface area contributed by atoms with Crippen LogP contribution in [0, 0.1) is 11.7 Å². The van der Waals surface area contributed by atoms with E-state index in [0.29, 0.717) is 5.92 Å². The number of halogens is 1. The maximum Gasteiger partial charge on any atom is 0.253 e. The van der Waals surface area contributed by atoms with Crippen LogP contribution in [0.3, 0.4) is 0 Å². The summed E-state index contributed by atoms with van der Waals surface area (Å²) in [5, 5.41) is 2.93. The van der Waals surface area contributed by atoms with E-state index >= 15 is 0 Å². The Morgan fingerprint density at radius 3 is 2.83 bits per heavy atom. The monoisotopic (exact) mass is 251 g/mol. The van der Waals surface area contributed by atoms with Crippen LogP contribution in [0.15, 0.2) is 18.2 Å². The molecule has 0 aliphatic heterocycles. The lowest BCUT2D eigenvalue weighted by Gasteiger charge is -2.14. The smallest absolute Gasteiger partial charge is 0.253 e. The first-order chi connectivity index (χ1) is 8.61. The number of nitrogen functional groups attached to an aromatic ring is 1. The van der Waals surface area contributed by atoms with E-state index in [-0.39, 0.29) is 23.2 Å². The predicted octanol–water partition coefficient (Wildman–Crippen LogP) is 2.03. The SMILES string of the molecule is CC1CCC(NC(=O)c2cccc(F)c2NN)C1. The zero-order valence-corrected chi connectivity index (χ0v) is 10.4. The maximum absolute atomic E-state index is 13.5. The van der Waals surface area contributed by atoms with Crippen LogP contribution in [-0.2, 0) is 0 Å². The molecular weight excluding hydrogens is 233 g/mol. The van der Waals surface area contributed by atoms with E-state index in [9.17, 15) is 9.18 Å². The quantitative estimate of drug-likeness (QED) is 0.569. The average Bonchev–Trinajstić information content (AvgIpc) is 2.74. The van der Waals surface area contributed by atoms with Gasteiger partial charge in [0.2, 0.25) is 0 Å². The lowest BCUT2D eigenvalue weighted by molar-refractivity contribution is 0.0937. The average molecular weight is 251 g/mol. The summed E-state index contributed by atoms with van der Waals surface area (Å²) in [5.41, 5.74) is 2.53. The van der Waals surface area contributed by atoms with Crippen molar-refractivity contribution < 1.29 is 9.18 Å². The molecule has 5 heteroatoms. The van der Waals surface area contributed by atoms with Crippen molar-refractivity contribution in [2.24, 2.45) is 11.8 Å². The molecule has 4 nitrogen and oxygen atoms in total. The van der Waals surface area contributed by atoms with Crippen molar-refractivity contribution in [3.05, 3.63) is 29.6 Å². The van der Waals surface area contributed by atoms with E-state index in [4.69, 9.17) is 5.84 Å². The fourth-order valence-corrected chi connectivity index (χ4v) is 2.46. The van der Waals surface area contributed by atoms with E-state index in [2.05, 4.69) is 17.7 Å². The van der Waals surface area contributed by atoms with Gasteiger partial charge in [0.15, 0.2) is 0 Å². The Hall–Kier alpha value is -1.62. The molecule has 98 valence electrons. The summed E-state index contributed by atoms with van der Waals surface area (Å²) < 4.78 is 13.5. The molecule has 0 saturated heterocycles. The van der Waals surface area contributed by atoms with Gasteiger partial charge in [-0.15, -0.1) is 0 Å². The lowest BCUT2D eigenvalue weighted by Crippen LogP contribution is -2.33. The van der Waals surface area contributed by atoms with Crippen LogP contribution >= 0.6 is 0 Å². The Morgan fingerprint density at radius 1 is 1.44 bits per heavy atom. The number of carbonyl (C=O) groups excluding carboxylic acids is 1. The highest BCUT2D eigenvalue weighted by molar-refractivity contribution is 5.99. The number of para-hydroxylation sites is 1. The number of nitrogens with one attached hydrogen (secondary N) is 2. The van der Waals surface area contributed by atoms with E-state index in [1.807, 2.05) is 0 Å². The molecule has 0 bridgehead atoms. The standard InChI is InChI=1S/C13H18FN3O/c1-8-5-6-9(7-8)16-13(18)10-3-2-4-11(14)12(10)17-15/h2-4,8-9,17H,5-7,15H2,1H3,(H,16,18). The largest absolute Gasteiger partial charge is 0.349 e. The van der Waals surface area contributed by atoms with Crippen LogP contribution in [0.4, 0.5) is 10.1 Å². The second-order valence-corrected chi connectivity index (χ2v) is 4.90. The van der Waals surface area contributed by atoms with Gasteiger partial charge in [-0.25, -0.2) is 4.39 Å². The van der Waals surface area contributed by atoms with E-state index in [1.54, 1.807) is 6.07 Å². The third-order valence-corrected chi connectivity index (χ3v) is 3.43. The highest BCUT2D eigenvalue weighted by Gasteiger charge is 2.24. The van der Waals surface area contributed by atoms with Crippen LogP contribution in [0.2, 0.25) is 0 Å². The van der Waals surface area contributed by atoms with Gasteiger partial charge < -0.3 is 10.7 Å². The maximum atomic E-state index is 13.5. The lowest BCUT2D eigenvalue weighted by atomic mass is 10.1. The number of benzene rings is 1. The first-order valence-corrected chi connectivity index (χ1v) is 6.17. The molecule has 1 aromatic carbocycles. The van der Waals surface area contributed by atoms with E-state index < -0.39 is 5.82 Å². The van der Waals surface area contributed by atoms with Crippen LogP contribution in [-0.4, -0.2) is 11.9 Å². The Balaban J connectivity index is 2.11. The van der Waals surface area contributed by atoms with Crippen molar-refractivity contribution in [2.45, 2.75) is 32.2 Å². The number of rotatable bonds is 3. The molecule has 1 aliphatic rings. The second kappa shape index (κ2) is 5.35. The Morgan fingerprint density at radius 2 is 2.22 bits per heavy atom. The van der Waals surface area contributed by atoms with Gasteiger partial charge in [-0.3, -0.25) is 10.6 Å². The van der Waals surface area contributed by atoms with Crippen LogP contribution in [0.5, 0.6) is 0 Å². The van der Waals surface area contributed by atoms with Crippen molar-refractivity contribution in [1.82, 2.24) is 5.32 Å². The molecule has 2 rings (SSSR count). The van der Waals surface area contributed by atoms with Crippen molar-refractivity contribution in [3.8, 4) is 0 Å². The third-order valence-electron chi connectivity index (χ3n) is 3.43. The minimum atomic E-state index is -0.523. The molecule has 0 aromatic heterocycles. The van der Waals surface area contributed by atoms with Gasteiger partial charge in [0.1, 0.15) is 5.82 Å². The highest BCUT2D eigenvalue weighted by Crippen LogP contribution is 2.25. The fraction of sp³-hybridized carbons (Fsp3) is 0.462. The van der Waals surface area contributed by atoms with Gasteiger partial charge in [0.05, 0.1) is 11.3 Å². The molecule has 0 spiro atoms. The number of anilines is 1. The first-order valence-electron chi connectivity index (χ1n) is 6.17. The zero-order chi connectivity index (χ0) is 13.1. The molecule has 2 atom stereocenters. The number of amides is 1. The molecule has 2 unspecified atom stereocenters. The molecule has 0 radical (unpaired) electrons. The third kappa shape index (κ3) is 2.61. The molecule has 1 aromatic rings.